The zero-order valence-corrected chi connectivity index (χ0v) is 15.6. The average Bonchev–Trinajstić information content (AvgIpc) is 2.70. The molecule has 2 N–H and O–H groups in total. The van der Waals surface area contributed by atoms with Crippen LogP contribution in [-0.2, 0) is 4.79 Å². The molecule has 1 heterocycles. The lowest BCUT2D eigenvalue weighted by molar-refractivity contribution is -0.122. The van der Waals surface area contributed by atoms with Gasteiger partial charge in [0.2, 0.25) is 5.91 Å². The number of hydrogen-bond acceptors (Lipinski definition) is 3. The fourth-order valence-corrected chi connectivity index (χ4v) is 4.15. The van der Waals surface area contributed by atoms with Gasteiger partial charge >= 0.3 is 0 Å². The second-order valence-electron chi connectivity index (χ2n) is 7.68. The number of fused-ring (bicyclic) bond motifs is 1. The van der Waals surface area contributed by atoms with Gasteiger partial charge in [0.15, 0.2) is 0 Å². The molecule has 1 aliphatic rings. The van der Waals surface area contributed by atoms with E-state index in [9.17, 15) is 14.3 Å². The van der Waals surface area contributed by atoms with E-state index in [0.29, 0.717) is 24.4 Å². The molecule has 0 unspecified atom stereocenters. The number of amides is 1. The Balaban J connectivity index is 1.39. The Morgan fingerprint density at radius 1 is 1.11 bits per heavy atom. The van der Waals surface area contributed by atoms with Gasteiger partial charge in [-0.2, -0.15) is 0 Å². The maximum Gasteiger partial charge on any atom is 0.227 e. The summed E-state index contributed by atoms with van der Waals surface area (Å²) in [5, 5.41) is 16.0. The van der Waals surface area contributed by atoms with Crippen LogP contribution in [0.15, 0.2) is 60.9 Å². The standard InChI is InChI=1S/C23H23FN2O2/c24-18-5-7-19(8-6-18)26-22(27)13-23(28)11-9-16(10-12-23)21-15-25-14-17-3-1-2-4-20(17)21/h1-8,14-16,28H,9-13H2,(H,26,27). The van der Waals surface area contributed by atoms with Crippen LogP contribution in [0.4, 0.5) is 10.1 Å². The highest BCUT2D eigenvalue weighted by Gasteiger charge is 2.36. The summed E-state index contributed by atoms with van der Waals surface area (Å²) in [6, 6.07) is 13.8. The molecule has 0 aliphatic heterocycles. The number of rotatable bonds is 4. The fraction of sp³-hybridized carbons (Fsp3) is 0.304. The van der Waals surface area contributed by atoms with Gasteiger partial charge < -0.3 is 10.4 Å². The Morgan fingerprint density at radius 2 is 1.82 bits per heavy atom. The Labute approximate surface area is 163 Å². The van der Waals surface area contributed by atoms with Gasteiger partial charge in [-0.15, -0.1) is 0 Å². The van der Waals surface area contributed by atoms with E-state index >= 15 is 0 Å². The quantitative estimate of drug-likeness (QED) is 0.686. The van der Waals surface area contributed by atoms with Crippen molar-refractivity contribution in [2.75, 3.05) is 5.32 Å². The first-order chi connectivity index (χ1) is 13.5. The molecule has 144 valence electrons. The minimum absolute atomic E-state index is 0.0465. The number of aromatic nitrogens is 1. The molecule has 0 atom stereocenters. The number of aliphatic hydroxyl groups is 1. The van der Waals surface area contributed by atoms with Crippen molar-refractivity contribution in [3.05, 3.63) is 72.3 Å². The third-order valence-corrected chi connectivity index (χ3v) is 5.67. The van der Waals surface area contributed by atoms with Gasteiger partial charge in [0, 0.05) is 23.5 Å². The Bertz CT molecular complexity index is 974. The van der Waals surface area contributed by atoms with Crippen molar-refractivity contribution in [2.45, 2.75) is 43.6 Å². The minimum atomic E-state index is -1.00. The first-order valence-electron chi connectivity index (χ1n) is 9.63. The van der Waals surface area contributed by atoms with Crippen molar-refractivity contribution in [3.8, 4) is 0 Å². The van der Waals surface area contributed by atoms with Gasteiger partial charge in [0.05, 0.1) is 12.0 Å². The smallest absolute Gasteiger partial charge is 0.227 e. The number of halogens is 1. The number of anilines is 1. The van der Waals surface area contributed by atoms with Crippen molar-refractivity contribution < 1.29 is 14.3 Å². The summed E-state index contributed by atoms with van der Waals surface area (Å²) in [4.78, 5) is 16.7. The molecule has 0 spiro atoms. The van der Waals surface area contributed by atoms with E-state index in [1.54, 1.807) is 0 Å². The summed E-state index contributed by atoms with van der Waals surface area (Å²) in [5.74, 6) is -0.267. The Morgan fingerprint density at radius 3 is 2.57 bits per heavy atom. The molecule has 1 aliphatic carbocycles. The van der Waals surface area contributed by atoms with Crippen molar-refractivity contribution in [3.63, 3.8) is 0 Å². The largest absolute Gasteiger partial charge is 0.389 e. The van der Waals surface area contributed by atoms with Crippen molar-refractivity contribution in [2.24, 2.45) is 0 Å². The topological polar surface area (TPSA) is 62.2 Å². The van der Waals surface area contributed by atoms with E-state index in [-0.39, 0.29) is 18.1 Å². The maximum absolute atomic E-state index is 13.0. The van der Waals surface area contributed by atoms with Gasteiger partial charge in [-0.25, -0.2) is 4.39 Å². The van der Waals surface area contributed by atoms with Crippen LogP contribution in [0.25, 0.3) is 10.8 Å². The lowest BCUT2D eigenvalue weighted by Gasteiger charge is -2.36. The van der Waals surface area contributed by atoms with Crippen molar-refractivity contribution in [1.29, 1.82) is 0 Å². The number of carbonyl (C=O) groups is 1. The fourth-order valence-electron chi connectivity index (χ4n) is 4.15. The Hall–Kier alpha value is -2.79. The highest BCUT2D eigenvalue weighted by Crippen LogP contribution is 2.41. The van der Waals surface area contributed by atoms with E-state index in [2.05, 4.69) is 22.4 Å². The van der Waals surface area contributed by atoms with E-state index < -0.39 is 5.60 Å². The highest BCUT2D eigenvalue weighted by molar-refractivity contribution is 5.91. The van der Waals surface area contributed by atoms with Crippen LogP contribution in [0.3, 0.4) is 0 Å². The summed E-state index contributed by atoms with van der Waals surface area (Å²) in [6.07, 6.45) is 6.61. The second kappa shape index (κ2) is 7.68. The van der Waals surface area contributed by atoms with Gasteiger partial charge in [0.1, 0.15) is 5.82 Å². The molecule has 28 heavy (non-hydrogen) atoms. The highest BCUT2D eigenvalue weighted by atomic mass is 19.1. The zero-order chi connectivity index (χ0) is 19.6. The molecule has 0 saturated heterocycles. The van der Waals surface area contributed by atoms with Crippen molar-refractivity contribution >= 4 is 22.4 Å². The van der Waals surface area contributed by atoms with E-state index in [0.717, 1.165) is 18.2 Å². The van der Waals surface area contributed by atoms with Crippen LogP contribution in [-0.4, -0.2) is 21.6 Å². The molecule has 1 saturated carbocycles. The number of pyridine rings is 1. The van der Waals surface area contributed by atoms with Gasteiger partial charge in [0.25, 0.3) is 0 Å². The average molecular weight is 378 g/mol. The van der Waals surface area contributed by atoms with Crippen LogP contribution in [0.2, 0.25) is 0 Å². The monoisotopic (exact) mass is 378 g/mol. The number of carbonyl (C=O) groups excluding carboxylic acids is 1. The molecule has 3 aromatic rings. The van der Waals surface area contributed by atoms with Crippen LogP contribution in [0, 0.1) is 5.82 Å². The molecule has 2 aromatic carbocycles. The summed E-state index contributed by atoms with van der Waals surface area (Å²) >= 11 is 0. The molecule has 4 rings (SSSR count). The normalized spacial score (nSPS) is 22.1. The maximum atomic E-state index is 13.0. The number of hydrogen-bond donors (Lipinski definition) is 2. The van der Waals surface area contributed by atoms with Crippen LogP contribution < -0.4 is 5.32 Å². The lowest BCUT2D eigenvalue weighted by Crippen LogP contribution is -2.37. The van der Waals surface area contributed by atoms with E-state index in [1.807, 2.05) is 24.5 Å². The summed E-state index contributed by atoms with van der Waals surface area (Å²) < 4.78 is 13.0. The van der Waals surface area contributed by atoms with Gasteiger partial charge in [-0.1, -0.05) is 24.3 Å². The van der Waals surface area contributed by atoms with Gasteiger partial charge in [-0.05, 0) is 66.8 Å². The van der Waals surface area contributed by atoms with Crippen LogP contribution >= 0.6 is 0 Å². The minimum Gasteiger partial charge on any atom is -0.389 e. The molecule has 1 amide bonds. The molecule has 1 aromatic heterocycles. The van der Waals surface area contributed by atoms with E-state index in [1.165, 1.54) is 35.2 Å². The number of nitrogens with one attached hydrogen (secondary N) is 1. The van der Waals surface area contributed by atoms with Crippen LogP contribution in [0.1, 0.15) is 43.6 Å². The van der Waals surface area contributed by atoms with Gasteiger partial charge in [-0.3, -0.25) is 9.78 Å². The summed E-state index contributed by atoms with van der Waals surface area (Å²) in [6.45, 7) is 0. The number of benzene rings is 2. The third kappa shape index (κ3) is 4.04. The zero-order valence-electron chi connectivity index (χ0n) is 15.6. The molecular weight excluding hydrogens is 355 g/mol. The second-order valence-corrected chi connectivity index (χ2v) is 7.68. The van der Waals surface area contributed by atoms with Crippen LogP contribution in [0.5, 0.6) is 0 Å². The molecule has 0 bridgehead atoms. The number of nitrogens with zero attached hydrogens (tertiary/aromatic N) is 1. The Kier molecular flexibility index (Phi) is 5.09. The lowest BCUT2D eigenvalue weighted by atomic mass is 9.74. The first kappa shape index (κ1) is 18.6. The molecule has 0 radical (unpaired) electrons. The van der Waals surface area contributed by atoms with E-state index in [4.69, 9.17) is 0 Å². The molecule has 1 fully saturated rings. The molecule has 4 nitrogen and oxygen atoms in total. The predicted octanol–water partition coefficient (Wildman–Crippen LogP) is 4.79. The molecular formula is C23H23FN2O2. The summed E-state index contributed by atoms with van der Waals surface area (Å²) in [7, 11) is 0. The molecule has 5 heteroatoms. The predicted molar refractivity (Wildman–Crippen MR) is 108 cm³/mol. The first-order valence-corrected chi connectivity index (χ1v) is 9.63. The summed E-state index contributed by atoms with van der Waals surface area (Å²) in [5.41, 5.74) is 0.750. The SMILES string of the molecule is O=C(CC1(O)CCC(c2cncc3ccccc23)CC1)Nc1ccc(F)cc1. The van der Waals surface area contributed by atoms with Crippen molar-refractivity contribution in [1.82, 2.24) is 4.98 Å². The third-order valence-electron chi connectivity index (χ3n) is 5.67.